The summed E-state index contributed by atoms with van der Waals surface area (Å²) in [5.41, 5.74) is 0.758. The number of ether oxygens (including phenoxy) is 1. The Hall–Kier alpha value is -0.920. The molecule has 21 heavy (non-hydrogen) atoms. The number of hydrogen-bond acceptors (Lipinski definition) is 4. The molecule has 1 heterocycles. The van der Waals surface area contributed by atoms with Crippen LogP contribution in [0.3, 0.4) is 0 Å². The fourth-order valence-electron chi connectivity index (χ4n) is 2.20. The van der Waals surface area contributed by atoms with Crippen LogP contribution >= 0.6 is 11.6 Å². The Morgan fingerprint density at radius 3 is 2.52 bits per heavy atom. The summed E-state index contributed by atoms with van der Waals surface area (Å²) in [5.74, 6) is -3.05. The summed E-state index contributed by atoms with van der Waals surface area (Å²) >= 11 is 5.79. The molecule has 2 rings (SSSR count). The summed E-state index contributed by atoms with van der Waals surface area (Å²) in [6, 6.07) is 5.57. The van der Waals surface area contributed by atoms with Crippen molar-refractivity contribution >= 4 is 27.1 Å². The Labute approximate surface area is 127 Å². The Morgan fingerprint density at radius 2 is 2.00 bits per heavy atom. The normalized spacial score (nSPS) is 23.6. The molecular formula is C13H16ClF2NO3S. The van der Waals surface area contributed by atoms with Crippen LogP contribution in [0.5, 0.6) is 0 Å². The van der Waals surface area contributed by atoms with Crippen LogP contribution in [0.2, 0.25) is 0 Å². The lowest BCUT2D eigenvalue weighted by molar-refractivity contribution is 0.0365. The second kappa shape index (κ2) is 6.46. The van der Waals surface area contributed by atoms with Crippen LogP contribution in [0.15, 0.2) is 29.2 Å². The number of morpholine rings is 1. The third kappa shape index (κ3) is 3.46. The van der Waals surface area contributed by atoms with Crippen LogP contribution in [-0.4, -0.2) is 45.4 Å². The van der Waals surface area contributed by atoms with E-state index in [4.69, 9.17) is 16.3 Å². The molecule has 1 fully saturated rings. The maximum absolute atomic E-state index is 12.5. The summed E-state index contributed by atoms with van der Waals surface area (Å²) in [5, 5.41) is 0. The van der Waals surface area contributed by atoms with E-state index < -0.39 is 15.6 Å². The molecule has 1 saturated heterocycles. The number of rotatable bonds is 4. The predicted octanol–water partition coefficient (Wildman–Crippen LogP) is 2.52. The molecule has 0 spiro atoms. The molecular weight excluding hydrogens is 324 g/mol. The largest absolute Gasteiger partial charge is 0.373 e. The highest BCUT2D eigenvalue weighted by molar-refractivity contribution is 7.91. The molecule has 0 aliphatic carbocycles. The van der Waals surface area contributed by atoms with Crippen molar-refractivity contribution in [3.63, 3.8) is 0 Å². The highest BCUT2D eigenvalue weighted by Crippen LogP contribution is 2.25. The molecule has 0 saturated carbocycles. The Bertz CT molecular complexity index is 580. The van der Waals surface area contributed by atoms with Crippen molar-refractivity contribution in [2.24, 2.45) is 0 Å². The van der Waals surface area contributed by atoms with Gasteiger partial charge in [0.15, 0.2) is 0 Å². The zero-order chi connectivity index (χ0) is 15.6. The molecule has 1 aliphatic rings. The molecule has 0 N–H and O–H groups in total. The molecule has 1 aromatic carbocycles. The molecule has 0 radical (unpaired) electrons. The fraction of sp³-hybridized carbons (Fsp3) is 0.538. The van der Waals surface area contributed by atoms with Crippen molar-refractivity contribution in [1.29, 1.82) is 0 Å². The van der Waals surface area contributed by atoms with Gasteiger partial charge < -0.3 is 9.64 Å². The highest BCUT2D eigenvalue weighted by Gasteiger charge is 2.28. The zero-order valence-electron chi connectivity index (χ0n) is 11.4. The molecule has 0 amide bonds. The lowest BCUT2D eigenvalue weighted by Crippen LogP contribution is -2.49. The average molecular weight is 340 g/mol. The van der Waals surface area contributed by atoms with Gasteiger partial charge in [-0.15, -0.1) is 11.6 Å². The summed E-state index contributed by atoms with van der Waals surface area (Å²) in [4.78, 5) is 1.64. The van der Waals surface area contributed by atoms with E-state index in [0.29, 0.717) is 19.0 Å². The van der Waals surface area contributed by atoms with E-state index in [1.54, 1.807) is 0 Å². The summed E-state index contributed by atoms with van der Waals surface area (Å²) in [6.45, 7) is 3.05. The van der Waals surface area contributed by atoms with Gasteiger partial charge in [0.25, 0.3) is 0 Å². The third-order valence-corrected chi connectivity index (χ3v) is 5.15. The Kier molecular flexibility index (Phi) is 5.06. The second-order valence-electron chi connectivity index (χ2n) is 4.91. The maximum atomic E-state index is 12.5. The van der Waals surface area contributed by atoms with Gasteiger partial charge in [-0.2, -0.15) is 8.78 Å². The minimum atomic E-state index is -4.55. The van der Waals surface area contributed by atoms with Crippen molar-refractivity contribution in [1.82, 2.24) is 0 Å². The maximum Gasteiger partial charge on any atom is 0.341 e. The van der Waals surface area contributed by atoms with Crippen molar-refractivity contribution in [2.75, 3.05) is 23.9 Å². The van der Waals surface area contributed by atoms with Crippen LogP contribution in [0.1, 0.15) is 6.92 Å². The lowest BCUT2D eigenvalue weighted by atomic mass is 10.1. The molecule has 1 aliphatic heterocycles. The fourth-order valence-corrected chi connectivity index (χ4v) is 3.11. The molecule has 2 unspecified atom stereocenters. The average Bonchev–Trinajstić information content (AvgIpc) is 2.48. The smallest absolute Gasteiger partial charge is 0.341 e. The van der Waals surface area contributed by atoms with E-state index in [2.05, 4.69) is 0 Å². The Balaban J connectivity index is 2.22. The number of anilines is 1. The van der Waals surface area contributed by atoms with Gasteiger partial charge in [0.1, 0.15) is 0 Å². The van der Waals surface area contributed by atoms with Gasteiger partial charge in [0.05, 0.1) is 23.5 Å². The van der Waals surface area contributed by atoms with Gasteiger partial charge in [0, 0.05) is 18.3 Å². The Morgan fingerprint density at radius 1 is 1.38 bits per heavy atom. The van der Waals surface area contributed by atoms with Gasteiger partial charge >= 0.3 is 5.76 Å². The van der Waals surface area contributed by atoms with E-state index in [9.17, 15) is 17.2 Å². The first-order valence-electron chi connectivity index (χ1n) is 6.42. The first-order chi connectivity index (χ1) is 9.86. The number of sulfone groups is 1. The van der Waals surface area contributed by atoms with Gasteiger partial charge in [-0.1, -0.05) is 0 Å². The lowest BCUT2D eigenvalue weighted by Gasteiger charge is -2.39. The van der Waals surface area contributed by atoms with E-state index in [-0.39, 0.29) is 17.0 Å². The van der Waals surface area contributed by atoms with Crippen molar-refractivity contribution in [3.05, 3.63) is 24.3 Å². The summed E-state index contributed by atoms with van der Waals surface area (Å²) < 4.78 is 53.3. The highest BCUT2D eigenvalue weighted by atomic mass is 35.5. The first-order valence-corrected chi connectivity index (χ1v) is 8.50. The van der Waals surface area contributed by atoms with E-state index in [1.807, 2.05) is 11.8 Å². The minimum absolute atomic E-state index is 0.0991. The van der Waals surface area contributed by atoms with Crippen LogP contribution < -0.4 is 4.90 Å². The number of benzene rings is 1. The van der Waals surface area contributed by atoms with Crippen LogP contribution in [0.25, 0.3) is 0 Å². The molecule has 118 valence electrons. The molecule has 1 aromatic rings. The van der Waals surface area contributed by atoms with Crippen molar-refractivity contribution in [2.45, 2.75) is 29.7 Å². The molecule has 0 aromatic heterocycles. The van der Waals surface area contributed by atoms with E-state index in [0.717, 1.165) is 5.69 Å². The quantitative estimate of drug-likeness (QED) is 0.791. The minimum Gasteiger partial charge on any atom is -0.373 e. The molecule has 8 heteroatoms. The molecule has 4 nitrogen and oxygen atoms in total. The van der Waals surface area contributed by atoms with E-state index >= 15 is 0 Å². The van der Waals surface area contributed by atoms with Crippen LogP contribution in [0.4, 0.5) is 14.5 Å². The molecule has 0 bridgehead atoms. The monoisotopic (exact) mass is 339 g/mol. The summed E-state index contributed by atoms with van der Waals surface area (Å²) in [7, 11) is -4.55. The summed E-state index contributed by atoms with van der Waals surface area (Å²) in [6.07, 6.45) is -0.104. The van der Waals surface area contributed by atoms with Gasteiger partial charge in [0.2, 0.25) is 9.84 Å². The van der Waals surface area contributed by atoms with Crippen LogP contribution in [-0.2, 0) is 14.6 Å². The number of hydrogen-bond donors (Lipinski definition) is 0. The number of alkyl halides is 3. The third-order valence-electron chi connectivity index (χ3n) is 3.41. The van der Waals surface area contributed by atoms with Crippen molar-refractivity contribution in [3.8, 4) is 0 Å². The standard InChI is InChI=1S/C13H16ClF2NO3S/c1-9-8-20-11(6-14)7-17(9)10-2-4-12(5-3-10)21(18,19)13(15)16/h2-5,9,11,13H,6-8H2,1H3. The number of nitrogens with zero attached hydrogens (tertiary/aromatic N) is 1. The van der Waals surface area contributed by atoms with Crippen LogP contribution in [0, 0.1) is 0 Å². The van der Waals surface area contributed by atoms with E-state index in [1.165, 1.54) is 24.3 Å². The zero-order valence-corrected chi connectivity index (χ0v) is 12.9. The van der Waals surface area contributed by atoms with Gasteiger partial charge in [-0.25, -0.2) is 8.42 Å². The topological polar surface area (TPSA) is 46.6 Å². The second-order valence-corrected chi connectivity index (χ2v) is 7.14. The van der Waals surface area contributed by atoms with Gasteiger partial charge in [-0.05, 0) is 31.2 Å². The molecule has 2 atom stereocenters. The SMILES string of the molecule is CC1COC(CCl)CN1c1ccc(S(=O)(=O)C(F)F)cc1. The predicted molar refractivity (Wildman–Crippen MR) is 76.9 cm³/mol. The van der Waals surface area contributed by atoms with Gasteiger partial charge in [-0.3, -0.25) is 0 Å². The number of halogens is 3. The van der Waals surface area contributed by atoms with Crippen molar-refractivity contribution < 1.29 is 21.9 Å². The first kappa shape index (κ1) is 16.5.